The molecule has 0 aliphatic carbocycles. The summed E-state index contributed by atoms with van der Waals surface area (Å²) in [6.07, 6.45) is -3.18. The Labute approximate surface area is 140 Å². The number of aromatic nitrogens is 2. The highest BCUT2D eigenvalue weighted by molar-refractivity contribution is 7.71. The van der Waals surface area contributed by atoms with Crippen LogP contribution in [-0.2, 0) is 10.9 Å². The van der Waals surface area contributed by atoms with E-state index in [4.69, 9.17) is 18.0 Å². The number of rotatable bonds is 2. The highest BCUT2D eigenvalue weighted by atomic mass is 32.1. The molecule has 0 atom stereocenters. The van der Waals surface area contributed by atoms with Gasteiger partial charge in [-0.3, -0.25) is 4.57 Å². The molecule has 0 spiro atoms. The Morgan fingerprint density at radius 1 is 1.29 bits per heavy atom. The van der Waals surface area contributed by atoms with Crippen LogP contribution < -0.4 is 5.73 Å². The number of anilines is 1. The van der Waals surface area contributed by atoms with Gasteiger partial charge in [0.2, 0.25) is 0 Å². The van der Waals surface area contributed by atoms with Crippen molar-refractivity contribution in [3.8, 4) is 5.69 Å². The number of methoxy groups -OCH3 is 1. The van der Waals surface area contributed by atoms with E-state index >= 15 is 0 Å². The van der Waals surface area contributed by atoms with E-state index in [-0.39, 0.29) is 16.0 Å². The minimum atomic E-state index is -4.45. The van der Waals surface area contributed by atoms with Crippen molar-refractivity contribution in [3.63, 3.8) is 0 Å². The van der Waals surface area contributed by atoms with E-state index in [0.29, 0.717) is 16.8 Å². The van der Waals surface area contributed by atoms with Crippen molar-refractivity contribution in [2.75, 3.05) is 12.8 Å². The molecule has 128 valence electrons. The third-order valence-electron chi connectivity index (χ3n) is 3.45. The van der Waals surface area contributed by atoms with Crippen LogP contribution in [0.25, 0.3) is 5.69 Å². The highest BCUT2D eigenvalue weighted by Gasteiger charge is 2.31. The van der Waals surface area contributed by atoms with Crippen LogP contribution in [0, 0.1) is 18.5 Å². The van der Waals surface area contributed by atoms with Crippen molar-refractivity contribution in [3.05, 3.63) is 45.4 Å². The molecule has 0 unspecified atom stereocenters. The second kappa shape index (κ2) is 6.23. The van der Waals surface area contributed by atoms with Crippen molar-refractivity contribution in [2.24, 2.45) is 0 Å². The standard InChI is InChI=1S/C15H14F3N3O2S/c1-7-4-9(15(16,17)18)5-8(2)11(7)21-6-20-12(19)10(13(21)24)14(22)23-3/h4-6H,19H2,1-3H3. The van der Waals surface area contributed by atoms with Gasteiger partial charge in [0.05, 0.1) is 18.4 Å². The van der Waals surface area contributed by atoms with E-state index in [1.807, 2.05) is 0 Å². The van der Waals surface area contributed by atoms with Gasteiger partial charge in [0.15, 0.2) is 0 Å². The van der Waals surface area contributed by atoms with E-state index < -0.39 is 17.7 Å². The Hall–Kier alpha value is -2.42. The van der Waals surface area contributed by atoms with Gasteiger partial charge < -0.3 is 10.5 Å². The van der Waals surface area contributed by atoms with E-state index in [1.165, 1.54) is 31.9 Å². The minimum Gasteiger partial charge on any atom is -0.465 e. The van der Waals surface area contributed by atoms with E-state index in [1.54, 1.807) is 0 Å². The molecule has 0 amide bonds. The first-order chi connectivity index (χ1) is 11.1. The van der Waals surface area contributed by atoms with E-state index in [2.05, 4.69) is 9.72 Å². The zero-order valence-corrected chi connectivity index (χ0v) is 13.9. The van der Waals surface area contributed by atoms with Gasteiger partial charge in [-0.1, -0.05) is 12.2 Å². The van der Waals surface area contributed by atoms with Crippen molar-refractivity contribution in [1.82, 2.24) is 9.55 Å². The fraction of sp³-hybridized carbons (Fsp3) is 0.267. The Morgan fingerprint density at radius 2 is 1.83 bits per heavy atom. The van der Waals surface area contributed by atoms with Gasteiger partial charge in [0.25, 0.3) is 0 Å². The first-order valence-corrected chi connectivity index (χ1v) is 7.13. The highest BCUT2D eigenvalue weighted by Crippen LogP contribution is 2.33. The Balaban J connectivity index is 2.75. The molecule has 0 saturated heterocycles. The number of carbonyl (C=O) groups excluding carboxylic acids is 1. The number of benzene rings is 1. The number of alkyl halides is 3. The monoisotopic (exact) mass is 357 g/mol. The number of hydrogen-bond acceptors (Lipinski definition) is 5. The van der Waals surface area contributed by atoms with Crippen LogP contribution in [0.5, 0.6) is 0 Å². The van der Waals surface area contributed by atoms with Crippen molar-refractivity contribution in [1.29, 1.82) is 0 Å². The van der Waals surface area contributed by atoms with E-state index in [0.717, 1.165) is 12.1 Å². The summed E-state index contributed by atoms with van der Waals surface area (Å²) < 4.78 is 44.7. The number of halogens is 3. The third-order valence-corrected chi connectivity index (χ3v) is 3.85. The molecule has 2 N–H and O–H groups in total. The van der Waals surface area contributed by atoms with Gasteiger partial charge in [-0.25, -0.2) is 9.78 Å². The molecule has 0 radical (unpaired) electrons. The quantitative estimate of drug-likeness (QED) is 0.657. The molecule has 1 heterocycles. The van der Waals surface area contributed by atoms with Crippen LogP contribution in [0.3, 0.4) is 0 Å². The van der Waals surface area contributed by atoms with Gasteiger partial charge >= 0.3 is 12.1 Å². The fourth-order valence-corrected chi connectivity index (χ4v) is 2.75. The SMILES string of the molecule is COC(=O)c1c(N)ncn(-c2c(C)cc(C(F)(F)F)cc2C)c1=S. The number of esters is 1. The molecule has 2 aromatic rings. The van der Waals surface area contributed by atoms with Crippen LogP contribution in [0.1, 0.15) is 27.0 Å². The lowest BCUT2D eigenvalue weighted by atomic mass is 10.0. The topological polar surface area (TPSA) is 70.1 Å². The molecule has 0 bridgehead atoms. The number of nitrogens with zero attached hydrogens (tertiary/aromatic N) is 2. The Kier molecular flexibility index (Phi) is 4.66. The molecule has 0 aliphatic heterocycles. The molecule has 0 saturated carbocycles. The van der Waals surface area contributed by atoms with Gasteiger partial charge in [0.1, 0.15) is 22.3 Å². The summed E-state index contributed by atoms with van der Waals surface area (Å²) in [5.74, 6) is -0.869. The van der Waals surface area contributed by atoms with Crippen molar-refractivity contribution >= 4 is 24.0 Å². The predicted octanol–water partition coefficient (Wildman–Crippen LogP) is 3.61. The van der Waals surface area contributed by atoms with Crippen LogP contribution in [0.4, 0.5) is 19.0 Å². The summed E-state index contributed by atoms with van der Waals surface area (Å²) in [6, 6.07) is 2.02. The average molecular weight is 357 g/mol. The first-order valence-electron chi connectivity index (χ1n) is 6.72. The molecular weight excluding hydrogens is 343 g/mol. The lowest BCUT2D eigenvalue weighted by molar-refractivity contribution is -0.137. The first kappa shape index (κ1) is 17.9. The molecular formula is C15H14F3N3O2S. The number of ether oxygens (including phenoxy) is 1. The number of carbonyl (C=O) groups is 1. The largest absolute Gasteiger partial charge is 0.465 e. The van der Waals surface area contributed by atoms with Gasteiger partial charge in [-0.05, 0) is 37.1 Å². The van der Waals surface area contributed by atoms with Gasteiger partial charge in [-0.2, -0.15) is 13.2 Å². The summed E-state index contributed by atoms with van der Waals surface area (Å²) in [7, 11) is 1.17. The summed E-state index contributed by atoms with van der Waals surface area (Å²) in [4.78, 5) is 15.7. The normalized spacial score (nSPS) is 11.4. The van der Waals surface area contributed by atoms with Crippen molar-refractivity contribution in [2.45, 2.75) is 20.0 Å². The third kappa shape index (κ3) is 3.12. The Bertz CT molecular complexity index is 852. The van der Waals surface area contributed by atoms with Crippen LogP contribution in [-0.4, -0.2) is 22.6 Å². The number of nitrogen functional groups attached to an aromatic ring is 1. The second-order valence-electron chi connectivity index (χ2n) is 5.13. The van der Waals surface area contributed by atoms with E-state index in [9.17, 15) is 18.0 Å². The van der Waals surface area contributed by atoms with Gasteiger partial charge in [0, 0.05) is 0 Å². The summed E-state index contributed by atoms with van der Waals surface area (Å²) in [5, 5.41) is 0. The maximum atomic E-state index is 12.9. The lowest BCUT2D eigenvalue weighted by Gasteiger charge is -2.17. The molecule has 0 aliphatic rings. The fourth-order valence-electron chi connectivity index (χ4n) is 2.42. The molecule has 1 aromatic heterocycles. The molecule has 0 fully saturated rings. The smallest absolute Gasteiger partial charge is 0.416 e. The molecule has 5 nitrogen and oxygen atoms in total. The summed E-state index contributed by atoms with van der Waals surface area (Å²) in [5.41, 5.74) is 5.87. The van der Waals surface area contributed by atoms with Crippen LogP contribution in [0.2, 0.25) is 0 Å². The van der Waals surface area contributed by atoms with Gasteiger partial charge in [-0.15, -0.1) is 0 Å². The molecule has 2 rings (SSSR count). The van der Waals surface area contributed by atoms with Crippen LogP contribution in [0.15, 0.2) is 18.5 Å². The zero-order valence-electron chi connectivity index (χ0n) is 13.1. The number of nitrogens with two attached hydrogens (primary N) is 1. The maximum Gasteiger partial charge on any atom is 0.416 e. The molecule has 9 heteroatoms. The Morgan fingerprint density at radius 3 is 2.29 bits per heavy atom. The maximum absolute atomic E-state index is 12.9. The predicted molar refractivity (Wildman–Crippen MR) is 84.6 cm³/mol. The number of hydrogen-bond donors (Lipinski definition) is 1. The zero-order chi connectivity index (χ0) is 18.2. The number of aryl methyl sites for hydroxylation is 2. The lowest BCUT2D eigenvalue weighted by Crippen LogP contribution is -2.15. The second-order valence-corrected chi connectivity index (χ2v) is 5.51. The minimum absolute atomic E-state index is 0.0142. The van der Waals surface area contributed by atoms with Crippen molar-refractivity contribution < 1.29 is 22.7 Å². The molecule has 24 heavy (non-hydrogen) atoms. The van der Waals surface area contributed by atoms with Crippen LogP contribution >= 0.6 is 12.2 Å². The summed E-state index contributed by atoms with van der Waals surface area (Å²) >= 11 is 5.25. The average Bonchev–Trinajstić information content (AvgIpc) is 2.47. The molecule has 1 aromatic carbocycles. The summed E-state index contributed by atoms with van der Waals surface area (Å²) in [6.45, 7) is 3.04.